The van der Waals surface area contributed by atoms with E-state index in [1.165, 1.54) is 4.44 Å². The van der Waals surface area contributed by atoms with E-state index < -0.39 is 54.5 Å². The molecule has 1 amide bonds. The molecule has 0 aliphatic carbocycles. The predicted octanol–water partition coefficient (Wildman–Crippen LogP) is 7.47. The van der Waals surface area contributed by atoms with Gasteiger partial charge in [-0.1, -0.05) is 0 Å². The number of nitrogens with zero attached hydrogens (tertiary/aromatic N) is 1. The van der Waals surface area contributed by atoms with Crippen molar-refractivity contribution in [3.63, 3.8) is 0 Å². The maximum atomic E-state index is 13.6. The van der Waals surface area contributed by atoms with Crippen LogP contribution in [0.5, 0.6) is 5.75 Å². The summed E-state index contributed by atoms with van der Waals surface area (Å²) in [5.74, 6) is 14.0. The van der Waals surface area contributed by atoms with Crippen molar-refractivity contribution in [1.29, 1.82) is 0 Å². The van der Waals surface area contributed by atoms with E-state index in [0.717, 1.165) is 17.7 Å². The minimum atomic E-state index is -2.03. The van der Waals surface area contributed by atoms with Gasteiger partial charge in [0.05, 0.1) is 0 Å². The van der Waals surface area contributed by atoms with Crippen LogP contribution in [-0.4, -0.2) is 55.0 Å². The molecule has 2 aliphatic rings. The van der Waals surface area contributed by atoms with Crippen LogP contribution in [0.1, 0.15) is 18.9 Å². The topological polar surface area (TPSA) is 42.1 Å². The van der Waals surface area contributed by atoms with Crippen LogP contribution in [-0.2, 0) is 10.3 Å². The summed E-state index contributed by atoms with van der Waals surface area (Å²) in [6, 6.07) is 16.7. The van der Waals surface area contributed by atoms with E-state index in [4.69, 9.17) is 9.47 Å². The molecule has 0 spiro atoms. The van der Waals surface area contributed by atoms with Crippen molar-refractivity contribution in [1.82, 2.24) is 0 Å². The maximum absolute atomic E-state index is 13.6. The fraction of sp³-hybridized carbons (Fsp3) is 0.406. The van der Waals surface area contributed by atoms with Gasteiger partial charge >= 0.3 is 239 Å². The Morgan fingerprint density at radius 1 is 1.08 bits per heavy atom. The van der Waals surface area contributed by atoms with Crippen LogP contribution >= 0.6 is 0 Å². The Labute approximate surface area is 236 Å². The SMILES string of the molecule is C[C@@H](C#C/C=[CH]\[Sn]([CH3])([CH3])[CH3])[C@]12O[C@H]1[C@H](C#CC[CH2][Sn]([CH3])([CH3])[CH3])N(C(=O)Oc1ccccc1)c1ccccc12. The summed E-state index contributed by atoms with van der Waals surface area (Å²) in [4.78, 5) is 29.7. The number of epoxide rings is 1. The van der Waals surface area contributed by atoms with Crippen LogP contribution in [0.4, 0.5) is 10.5 Å². The summed E-state index contributed by atoms with van der Waals surface area (Å²) in [6.07, 6.45) is 2.16. The second-order valence-electron chi connectivity index (χ2n) is 12.4. The molecule has 4 atom stereocenters. The molecule has 6 heteroatoms. The third-order valence-corrected chi connectivity index (χ3v) is 15.2. The van der Waals surface area contributed by atoms with Gasteiger partial charge in [0.2, 0.25) is 0 Å². The van der Waals surface area contributed by atoms with Crippen LogP contribution in [0.25, 0.3) is 0 Å². The molecule has 0 radical (unpaired) electrons. The van der Waals surface area contributed by atoms with Gasteiger partial charge in [0.25, 0.3) is 0 Å². The van der Waals surface area contributed by atoms with Gasteiger partial charge in [0.15, 0.2) is 0 Å². The van der Waals surface area contributed by atoms with E-state index in [9.17, 15) is 4.79 Å². The summed E-state index contributed by atoms with van der Waals surface area (Å²) in [5.41, 5.74) is 1.17. The third kappa shape index (κ3) is 6.82. The molecule has 4 rings (SSSR count). The molecule has 0 saturated carbocycles. The normalized spacial score (nSPS) is 22.8. The van der Waals surface area contributed by atoms with E-state index in [2.05, 4.69) is 70.4 Å². The second kappa shape index (κ2) is 11.7. The summed E-state index contributed by atoms with van der Waals surface area (Å²) in [7, 11) is 0. The number of ether oxygens (including phenoxy) is 2. The number of carbonyl (C=O) groups excluding carboxylic acids is 1. The number of allylic oxidation sites excluding steroid dienone is 1. The number of rotatable bonds is 5. The predicted molar refractivity (Wildman–Crippen MR) is 162 cm³/mol. The molecular formula is C32H39NO3Sn2. The van der Waals surface area contributed by atoms with Gasteiger partial charge in [0, 0.05) is 0 Å². The molecule has 0 bridgehead atoms. The molecule has 2 aliphatic heterocycles. The Morgan fingerprint density at radius 2 is 1.76 bits per heavy atom. The van der Waals surface area contributed by atoms with Crippen LogP contribution in [0.15, 0.2) is 64.8 Å². The Kier molecular flexibility index (Phi) is 8.97. The summed E-state index contributed by atoms with van der Waals surface area (Å²) in [5, 5.41) is 0. The van der Waals surface area contributed by atoms with E-state index in [-0.39, 0.29) is 12.0 Å². The van der Waals surface area contributed by atoms with Crippen molar-refractivity contribution in [2.24, 2.45) is 5.92 Å². The standard InChI is InChI=1S/C26H21NO3.6CH3.2Sn/c1-4-6-13-19(3)26-21-16-11-12-18-22(21)27(23(17-7-5-2)24(26)30-26)25(28)29-20-14-9-8-10-15-20;;;;;;;;/h1,4,8-12,14-16,18-19,23-24H,2,5H2,3H3;6*1H3;;/t19-,23-,24-,26+;;;;;;;;/m0......../s1. The van der Waals surface area contributed by atoms with Gasteiger partial charge in [-0.05, 0) is 0 Å². The zero-order valence-electron chi connectivity index (χ0n) is 23.7. The molecule has 2 aromatic rings. The zero-order valence-corrected chi connectivity index (χ0v) is 29.4. The van der Waals surface area contributed by atoms with Crippen LogP contribution in [0.3, 0.4) is 0 Å². The first kappa shape index (κ1) is 29.1. The van der Waals surface area contributed by atoms with Crippen LogP contribution in [0.2, 0.25) is 34.1 Å². The van der Waals surface area contributed by atoms with Crippen LogP contribution < -0.4 is 9.64 Å². The molecule has 0 aromatic heterocycles. The van der Waals surface area contributed by atoms with Gasteiger partial charge in [0.1, 0.15) is 0 Å². The number of fused-ring (bicyclic) bond motifs is 3. The van der Waals surface area contributed by atoms with Crippen molar-refractivity contribution >= 4 is 48.5 Å². The van der Waals surface area contributed by atoms with Gasteiger partial charge < -0.3 is 0 Å². The molecule has 0 unspecified atom stereocenters. The number of anilines is 1. The van der Waals surface area contributed by atoms with E-state index in [0.29, 0.717) is 5.75 Å². The average Bonchev–Trinajstić information content (AvgIpc) is 3.61. The number of benzene rings is 2. The molecular weight excluding hydrogens is 684 g/mol. The molecule has 4 nitrogen and oxygen atoms in total. The van der Waals surface area contributed by atoms with Crippen molar-refractivity contribution in [3.05, 3.63) is 70.3 Å². The van der Waals surface area contributed by atoms with E-state index >= 15 is 0 Å². The monoisotopic (exact) mass is 725 g/mol. The first-order chi connectivity index (χ1) is 17.9. The van der Waals surface area contributed by atoms with Crippen molar-refractivity contribution < 1.29 is 14.3 Å². The number of hydrogen-bond acceptors (Lipinski definition) is 3. The van der Waals surface area contributed by atoms with Gasteiger partial charge in [-0.3, -0.25) is 0 Å². The quantitative estimate of drug-likeness (QED) is 0.183. The first-order valence-corrected chi connectivity index (χ1v) is 34.2. The first-order valence-electron chi connectivity index (χ1n) is 13.4. The molecule has 2 aromatic carbocycles. The van der Waals surface area contributed by atoms with Gasteiger partial charge in [-0.15, -0.1) is 0 Å². The minimum absolute atomic E-state index is 0.0594. The Bertz CT molecular complexity index is 1320. The number of para-hydroxylation sites is 2. The fourth-order valence-corrected chi connectivity index (χ4v) is 8.91. The Balaban J connectivity index is 1.71. The fourth-order valence-electron chi connectivity index (χ4n) is 4.75. The molecule has 2 heterocycles. The summed E-state index contributed by atoms with van der Waals surface area (Å²) in [6.45, 7) is 2.12. The second-order valence-corrected chi connectivity index (χ2v) is 42.9. The van der Waals surface area contributed by atoms with E-state index in [1.54, 1.807) is 17.0 Å². The molecule has 0 N–H and O–H groups in total. The number of amides is 1. The zero-order chi connectivity index (χ0) is 27.6. The summed E-state index contributed by atoms with van der Waals surface area (Å²) < 4.78 is 15.9. The Hall–Kier alpha value is -1.87. The molecule has 1 fully saturated rings. The van der Waals surface area contributed by atoms with Crippen LogP contribution in [0, 0.1) is 29.6 Å². The van der Waals surface area contributed by atoms with Gasteiger partial charge in [-0.25, -0.2) is 0 Å². The van der Waals surface area contributed by atoms with E-state index in [1.807, 2.05) is 42.5 Å². The van der Waals surface area contributed by atoms with Crippen molar-refractivity contribution in [2.75, 3.05) is 4.90 Å². The molecule has 198 valence electrons. The molecule has 38 heavy (non-hydrogen) atoms. The molecule has 1 saturated heterocycles. The average molecular weight is 723 g/mol. The van der Waals surface area contributed by atoms with Crippen molar-refractivity contribution in [2.45, 2.75) is 65.2 Å². The number of hydrogen-bond donors (Lipinski definition) is 0. The number of carbonyl (C=O) groups is 1. The Morgan fingerprint density at radius 3 is 2.45 bits per heavy atom. The third-order valence-electron chi connectivity index (χ3n) is 6.84. The summed E-state index contributed by atoms with van der Waals surface area (Å²) >= 11 is -3.98. The van der Waals surface area contributed by atoms with Crippen molar-refractivity contribution in [3.8, 4) is 29.4 Å². The van der Waals surface area contributed by atoms with Gasteiger partial charge in [-0.2, -0.15) is 0 Å².